The second-order valence-electron chi connectivity index (χ2n) is 4.81. The van der Waals surface area contributed by atoms with Crippen LogP contribution in [0.2, 0.25) is 0 Å². The maximum absolute atomic E-state index is 12.2. The highest BCUT2D eigenvalue weighted by Crippen LogP contribution is 2.20. The van der Waals surface area contributed by atoms with E-state index in [-0.39, 0.29) is 12.5 Å². The van der Waals surface area contributed by atoms with Crippen LogP contribution in [-0.4, -0.2) is 24.7 Å². The highest BCUT2D eigenvalue weighted by molar-refractivity contribution is 6.04. The highest BCUT2D eigenvalue weighted by Gasteiger charge is 2.09. The molecule has 2 rings (SSSR count). The van der Waals surface area contributed by atoms with E-state index in [2.05, 4.69) is 5.32 Å². The zero-order valence-electron chi connectivity index (χ0n) is 12.2. The normalized spacial score (nSPS) is 10.2. The second-order valence-corrected chi connectivity index (χ2v) is 4.81. The van der Waals surface area contributed by atoms with Crippen molar-refractivity contribution >= 4 is 11.6 Å². The van der Waals surface area contributed by atoms with Crippen molar-refractivity contribution < 1.29 is 14.6 Å². The van der Waals surface area contributed by atoms with E-state index in [0.29, 0.717) is 17.7 Å². The van der Waals surface area contributed by atoms with Gasteiger partial charge >= 0.3 is 0 Å². The molecule has 0 spiro atoms. The lowest BCUT2D eigenvalue weighted by atomic mass is 10.1. The summed E-state index contributed by atoms with van der Waals surface area (Å²) in [6.07, 6.45) is 0.614. The number of ether oxygens (including phenoxy) is 1. The maximum Gasteiger partial charge on any atom is 0.255 e. The van der Waals surface area contributed by atoms with Crippen LogP contribution in [0.3, 0.4) is 0 Å². The minimum atomic E-state index is -0.178. The van der Waals surface area contributed by atoms with Crippen molar-refractivity contribution in [2.45, 2.75) is 13.3 Å². The molecule has 0 saturated heterocycles. The third kappa shape index (κ3) is 3.83. The van der Waals surface area contributed by atoms with Gasteiger partial charge in [-0.3, -0.25) is 4.79 Å². The molecule has 0 atom stereocenters. The Morgan fingerprint density at radius 3 is 2.52 bits per heavy atom. The molecule has 110 valence electrons. The first kappa shape index (κ1) is 15.1. The number of aliphatic hydroxyl groups excluding tert-OH is 1. The van der Waals surface area contributed by atoms with Gasteiger partial charge in [0.2, 0.25) is 0 Å². The van der Waals surface area contributed by atoms with Gasteiger partial charge in [0, 0.05) is 17.9 Å². The van der Waals surface area contributed by atoms with E-state index in [9.17, 15) is 4.79 Å². The number of carbonyl (C=O) groups is 1. The Morgan fingerprint density at radius 2 is 1.90 bits per heavy atom. The summed E-state index contributed by atoms with van der Waals surface area (Å²) in [6, 6.07) is 12.8. The number of aryl methyl sites for hydroxylation is 1. The van der Waals surface area contributed by atoms with Crippen LogP contribution in [0.1, 0.15) is 21.5 Å². The van der Waals surface area contributed by atoms with Crippen LogP contribution in [0.25, 0.3) is 0 Å². The van der Waals surface area contributed by atoms with Crippen molar-refractivity contribution in [1.82, 2.24) is 0 Å². The van der Waals surface area contributed by atoms with Crippen molar-refractivity contribution in [2.24, 2.45) is 0 Å². The molecule has 4 nitrogen and oxygen atoms in total. The lowest BCUT2D eigenvalue weighted by Crippen LogP contribution is -2.12. The summed E-state index contributed by atoms with van der Waals surface area (Å²) in [6.45, 7) is 2.05. The summed E-state index contributed by atoms with van der Waals surface area (Å²) in [4.78, 5) is 12.2. The van der Waals surface area contributed by atoms with Gasteiger partial charge in [-0.05, 0) is 48.7 Å². The molecule has 4 heteroatoms. The molecule has 2 aromatic rings. The summed E-state index contributed by atoms with van der Waals surface area (Å²) in [5.74, 6) is 0.518. The number of methoxy groups -OCH3 is 1. The number of anilines is 1. The molecule has 2 N–H and O–H groups in total. The molecule has 0 fully saturated rings. The second kappa shape index (κ2) is 6.90. The van der Waals surface area contributed by atoms with E-state index in [1.165, 1.54) is 0 Å². The Labute approximate surface area is 124 Å². The van der Waals surface area contributed by atoms with Gasteiger partial charge in [0.15, 0.2) is 0 Å². The lowest BCUT2D eigenvalue weighted by molar-refractivity contribution is 0.102. The van der Waals surface area contributed by atoms with E-state index in [1.54, 1.807) is 19.2 Å². The largest absolute Gasteiger partial charge is 0.496 e. The van der Waals surface area contributed by atoms with E-state index in [1.807, 2.05) is 37.3 Å². The number of carbonyl (C=O) groups excluding carboxylic acids is 1. The van der Waals surface area contributed by atoms with Gasteiger partial charge in [-0.25, -0.2) is 0 Å². The van der Waals surface area contributed by atoms with Crippen LogP contribution < -0.4 is 10.1 Å². The van der Waals surface area contributed by atoms with Crippen molar-refractivity contribution in [3.63, 3.8) is 0 Å². The van der Waals surface area contributed by atoms with Crippen LogP contribution >= 0.6 is 0 Å². The Hall–Kier alpha value is -2.33. The Balaban J connectivity index is 2.10. The summed E-state index contributed by atoms with van der Waals surface area (Å²) in [5.41, 5.74) is 3.30. The predicted octanol–water partition coefficient (Wildman–Crippen LogP) is 2.79. The summed E-state index contributed by atoms with van der Waals surface area (Å²) in [7, 11) is 1.59. The highest BCUT2D eigenvalue weighted by atomic mass is 16.5. The Kier molecular flexibility index (Phi) is 4.95. The van der Waals surface area contributed by atoms with Crippen LogP contribution in [0.5, 0.6) is 5.75 Å². The van der Waals surface area contributed by atoms with Gasteiger partial charge in [-0.2, -0.15) is 0 Å². The van der Waals surface area contributed by atoms with Gasteiger partial charge in [0.05, 0.1) is 7.11 Å². The monoisotopic (exact) mass is 285 g/mol. The molecule has 0 aromatic heterocycles. The first-order valence-corrected chi connectivity index (χ1v) is 6.80. The number of benzene rings is 2. The Bertz CT molecular complexity index is 620. The lowest BCUT2D eigenvalue weighted by Gasteiger charge is -2.09. The van der Waals surface area contributed by atoms with Crippen molar-refractivity contribution in [1.29, 1.82) is 0 Å². The molecule has 0 unspecified atom stereocenters. The molecule has 2 aromatic carbocycles. The minimum absolute atomic E-state index is 0.120. The average molecular weight is 285 g/mol. The smallest absolute Gasteiger partial charge is 0.255 e. The molecular weight excluding hydrogens is 266 g/mol. The molecule has 0 aliphatic heterocycles. The van der Waals surface area contributed by atoms with Crippen LogP contribution in [-0.2, 0) is 6.42 Å². The summed E-state index contributed by atoms with van der Waals surface area (Å²) in [5, 5.41) is 11.7. The fourth-order valence-electron chi connectivity index (χ4n) is 2.05. The van der Waals surface area contributed by atoms with Gasteiger partial charge < -0.3 is 15.2 Å². The zero-order chi connectivity index (χ0) is 15.2. The van der Waals surface area contributed by atoms with Gasteiger partial charge in [-0.15, -0.1) is 0 Å². The Morgan fingerprint density at radius 1 is 1.19 bits per heavy atom. The number of nitrogens with one attached hydrogen (secondary N) is 1. The molecule has 0 aliphatic carbocycles. The van der Waals surface area contributed by atoms with Gasteiger partial charge in [0.1, 0.15) is 5.75 Å². The van der Waals surface area contributed by atoms with Crippen molar-refractivity contribution in [2.75, 3.05) is 19.0 Å². The number of hydrogen-bond acceptors (Lipinski definition) is 3. The van der Waals surface area contributed by atoms with Crippen LogP contribution in [0.15, 0.2) is 42.5 Å². The minimum Gasteiger partial charge on any atom is -0.496 e. The number of amides is 1. The van der Waals surface area contributed by atoms with Crippen molar-refractivity contribution in [3.8, 4) is 5.75 Å². The summed E-state index contributed by atoms with van der Waals surface area (Å²) < 4.78 is 5.22. The molecule has 1 amide bonds. The van der Waals surface area contributed by atoms with Crippen LogP contribution in [0.4, 0.5) is 5.69 Å². The van der Waals surface area contributed by atoms with E-state index < -0.39 is 0 Å². The first-order chi connectivity index (χ1) is 10.1. The zero-order valence-corrected chi connectivity index (χ0v) is 12.2. The molecule has 0 saturated carbocycles. The molecule has 0 heterocycles. The molecule has 0 radical (unpaired) electrons. The molecule has 0 aliphatic rings. The first-order valence-electron chi connectivity index (χ1n) is 6.80. The fourth-order valence-corrected chi connectivity index (χ4v) is 2.05. The fraction of sp³-hybridized carbons (Fsp3) is 0.235. The van der Waals surface area contributed by atoms with E-state index in [4.69, 9.17) is 9.84 Å². The van der Waals surface area contributed by atoms with Gasteiger partial charge in [0.25, 0.3) is 5.91 Å². The third-order valence-corrected chi connectivity index (χ3v) is 3.28. The standard InChI is InChI=1S/C17H19NO3/c1-12-3-6-14(11-16(12)21-2)17(20)18-15-7-4-13(5-8-15)9-10-19/h3-8,11,19H,9-10H2,1-2H3,(H,18,20). The number of hydrogen-bond donors (Lipinski definition) is 2. The quantitative estimate of drug-likeness (QED) is 0.888. The summed E-state index contributed by atoms with van der Waals surface area (Å²) >= 11 is 0. The molecule has 0 bridgehead atoms. The third-order valence-electron chi connectivity index (χ3n) is 3.28. The number of rotatable bonds is 5. The maximum atomic E-state index is 12.2. The SMILES string of the molecule is COc1cc(C(=O)Nc2ccc(CCO)cc2)ccc1C. The van der Waals surface area contributed by atoms with E-state index in [0.717, 1.165) is 16.8 Å². The van der Waals surface area contributed by atoms with Crippen molar-refractivity contribution in [3.05, 3.63) is 59.2 Å². The van der Waals surface area contributed by atoms with E-state index >= 15 is 0 Å². The topological polar surface area (TPSA) is 58.6 Å². The van der Waals surface area contributed by atoms with Crippen LogP contribution in [0, 0.1) is 6.92 Å². The van der Waals surface area contributed by atoms with Gasteiger partial charge in [-0.1, -0.05) is 18.2 Å². The average Bonchev–Trinajstić information content (AvgIpc) is 2.50. The number of aliphatic hydroxyl groups is 1. The molecule has 21 heavy (non-hydrogen) atoms. The molecular formula is C17H19NO3. The predicted molar refractivity (Wildman–Crippen MR) is 82.9 cm³/mol.